The van der Waals surface area contributed by atoms with E-state index in [0.29, 0.717) is 5.92 Å². The third-order valence-corrected chi connectivity index (χ3v) is 2.25. The maximum atomic E-state index is 10.1. The molecule has 2 nitrogen and oxygen atoms in total. The van der Waals surface area contributed by atoms with Crippen molar-refractivity contribution in [3.05, 3.63) is 0 Å². The van der Waals surface area contributed by atoms with Crippen LogP contribution in [0.15, 0.2) is 0 Å². The minimum atomic E-state index is 0.650. The lowest BCUT2D eigenvalue weighted by Crippen LogP contribution is -2.19. The summed E-state index contributed by atoms with van der Waals surface area (Å²) in [7, 11) is 0. The predicted molar refractivity (Wildman–Crippen MR) is 40.9 cm³/mol. The van der Waals surface area contributed by atoms with E-state index in [-0.39, 0.29) is 0 Å². The van der Waals surface area contributed by atoms with E-state index in [1.54, 1.807) is 0 Å². The molecule has 0 amide bonds. The Balaban J connectivity index is 2.21. The molecule has 0 aliphatic carbocycles. The number of hydrogen-bond donors (Lipinski definition) is 0. The second-order valence-corrected chi connectivity index (χ2v) is 2.95. The molecule has 2 heteroatoms. The van der Waals surface area contributed by atoms with Crippen LogP contribution in [0.25, 0.3) is 0 Å². The summed E-state index contributed by atoms with van der Waals surface area (Å²) in [6, 6.07) is 0. The Bertz CT molecular complexity index is 114. The highest BCUT2D eigenvalue weighted by atomic mass is 16.1. The Morgan fingerprint density at radius 2 is 2.50 bits per heavy atom. The van der Waals surface area contributed by atoms with Gasteiger partial charge in [0.1, 0.15) is 6.29 Å². The van der Waals surface area contributed by atoms with Crippen molar-refractivity contribution in [3.63, 3.8) is 0 Å². The number of carbonyl (C=O) groups excluding carboxylic acids is 1. The molecule has 0 bridgehead atoms. The highest BCUT2D eigenvalue weighted by molar-refractivity contribution is 5.49. The molecule has 0 aromatic carbocycles. The van der Waals surface area contributed by atoms with Crippen LogP contribution >= 0.6 is 0 Å². The molecule has 1 fully saturated rings. The first-order valence-corrected chi connectivity index (χ1v) is 4.02. The van der Waals surface area contributed by atoms with Crippen LogP contribution in [-0.4, -0.2) is 30.8 Å². The fourth-order valence-electron chi connectivity index (χ4n) is 1.53. The summed E-state index contributed by atoms with van der Waals surface area (Å²) >= 11 is 0. The van der Waals surface area contributed by atoms with E-state index in [9.17, 15) is 4.79 Å². The molecule has 0 spiro atoms. The number of nitrogens with zero attached hydrogens (tertiary/aromatic N) is 1. The van der Waals surface area contributed by atoms with Crippen LogP contribution in [-0.2, 0) is 4.79 Å². The molecule has 0 radical (unpaired) electrons. The van der Waals surface area contributed by atoms with Crippen molar-refractivity contribution in [1.29, 1.82) is 0 Å². The van der Waals surface area contributed by atoms with Gasteiger partial charge in [0.2, 0.25) is 0 Å². The van der Waals surface area contributed by atoms with Gasteiger partial charge in [-0.3, -0.25) is 0 Å². The Morgan fingerprint density at radius 3 is 3.00 bits per heavy atom. The lowest BCUT2D eigenvalue weighted by atomic mass is 10.1. The zero-order valence-corrected chi connectivity index (χ0v) is 6.55. The monoisotopic (exact) mass is 141 g/mol. The van der Waals surface area contributed by atoms with Crippen LogP contribution in [0.5, 0.6) is 0 Å². The minimum absolute atomic E-state index is 0.650. The fraction of sp³-hybridized carbons (Fsp3) is 0.875. The van der Waals surface area contributed by atoms with Gasteiger partial charge in [-0.15, -0.1) is 0 Å². The van der Waals surface area contributed by atoms with E-state index in [4.69, 9.17) is 0 Å². The molecular formula is C8H15NO. The SMILES string of the molecule is CCN1CCC(CC=O)C1. The van der Waals surface area contributed by atoms with Gasteiger partial charge in [-0.25, -0.2) is 0 Å². The molecule has 1 heterocycles. The van der Waals surface area contributed by atoms with E-state index in [1.165, 1.54) is 13.0 Å². The Hall–Kier alpha value is -0.370. The van der Waals surface area contributed by atoms with Crippen molar-refractivity contribution in [3.8, 4) is 0 Å². The first-order chi connectivity index (χ1) is 4.86. The maximum absolute atomic E-state index is 10.1. The molecule has 1 atom stereocenters. The van der Waals surface area contributed by atoms with Crippen LogP contribution in [0.1, 0.15) is 19.8 Å². The zero-order valence-electron chi connectivity index (χ0n) is 6.55. The summed E-state index contributed by atoms with van der Waals surface area (Å²) in [5.74, 6) is 0.650. The summed E-state index contributed by atoms with van der Waals surface area (Å²) in [6.07, 6.45) is 3.02. The molecule has 1 unspecified atom stereocenters. The summed E-state index contributed by atoms with van der Waals surface area (Å²) in [6.45, 7) is 5.63. The van der Waals surface area contributed by atoms with Crippen LogP contribution in [0, 0.1) is 5.92 Å². The van der Waals surface area contributed by atoms with Crippen LogP contribution < -0.4 is 0 Å². The van der Waals surface area contributed by atoms with Gasteiger partial charge in [-0.2, -0.15) is 0 Å². The van der Waals surface area contributed by atoms with E-state index in [2.05, 4.69) is 11.8 Å². The molecule has 0 N–H and O–H groups in total. The molecule has 1 aliphatic heterocycles. The van der Waals surface area contributed by atoms with Crippen molar-refractivity contribution in [1.82, 2.24) is 4.90 Å². The predicted octanol–water partition coefficient (Wildman–Crippen LogP) is 0.917. The smallest absolute Gasteiger partial charge is 0.120 e. The van der Waals surface area contributed by atoms with Gasteiger partial charge in [-0.1, -0.05) is 6.92 Å². The topological polar surface area (TPSA) is 20.3 Å². The van der Waals surface area contributed by atoms with E-state index in [1.807, 2.05) is 0 Å². The molecule has 10 heavy (non-hydrogen) atoms. The summed E-state index contributed by atoms with van der Waals surface area (Å²) in [5, 5.41) is 0. The molecule has 1 saturated heterocycles. The number of likely N-dealkylation sites (tertiary alicyclic amines) is 1. The van der Waals surface area contributed by atoms with Gasteiger partial charge in [0.25, 0.3) is 0 Å². The van der Waals surface area contributed by atoms with E-state index < -0.39 is 0 Å². The third-order valence-electron chi connectivity index (χ3n) is 2.25. The number of rotatable bonds is 3. The van der Waals surface area contributed by atoms with E-state index in [0.717, 1.165) is 25.8 Å². The Morgan fingerprint density at radius 1 is 1.70 bits per heavy atom. The van der Waals surface area contributed by atoms with Crippen LogP contribution in [0.3, 0.4) is 0 Å². The third kappa shape index (κ3) is 1.81. The molecule has 1 rings (SSSR count). The minimum Gasteiger partial charge on any atom is -0.303 e. The second-order valence-electron chi connectivity index (χ2n) is 2.95. The standard InChI is InChI=1S/C8H15NO/c1-2-9-5-3-8(7-9)4-6-10/h6,8H,2-5,7H2,1H3. The first-order valence-electron chi connectivity index (χ1n) is 4.02. The molecular weight excluding hydrogens is 126 g/mol. The van der Waals surface area contributed by atoms with Gasteiger partial charge in [-0.05, 0) is 25.4 Å². The zero-order chi connectivity index (χ0) is 7.40. The van der Waals surface area contributed by atoms with Crippen LogP contribution in [0.4, 0.5) is 0 Å². The highest BCUT2D eigenvalue weighted by Gasteiger charge is 2.19. The van der Waals surface area contributed by atoms with Gasteiger partial charge in [0, 0.05) is 13.0 Å². The van der Waals surface area contributed by atoms with Gasteiger partial charge >= 0.3 is 0 Å². The summed E-state index contributed by atoms with van der Waals surface area (Å²) < 4.78 is 0. The largest absolute Gasteiger partial charge is 0.303 e. The normalized spacial score (nSPS) is 27.1. The van der Waals surface area contributed by atoms with Gasteiger partial charge in [0.15, 0.2) is 0 Å². The molecule has 1 aliphatic rings. The van der Waals surface area contributed by atoms with Gasteiger partial charge < -0.3 is 9.69 Å². The van der Waals surface area contributed by atoms with E-state index >= 15 is 0 Å². The van der Waals surface area contributed by atoms with Crippen molar-refractivity contribution in [2.75, 3.05) is 19.6 Å². The fourth-order valence-corrected chi connectivity index (χ4v) is 1.53. The van der Waals surface area contributed by atoms with Crippen molar-refractivity contribution < 1.29 is 4.79 Å². The molecule has 58 valence electrons. The lowest BCUT2D eigenvalue weighted by molar-refractivity contribution is -0.108. The molecule has 0 saturated carbocycles. The average Bonchev–Trinajstić information content (AvgIpc) is 2.37. The highest BCUT2D eigenvalue weighted by Crippen LogP contribution is 2.17. The number of hydrogen-bond acceptors (Lipinski definition) is 2. The molecule has 0 aromatic heterocycles. The average molecular weight is 141 g/mol. The Labute approximate surface area is 62.2 Å². The second kappa shape index (κ2) is 3.71. The lowest BCUT2D eigenvalue weighted by Gasteiger charge is -2.10. The Kier molecular flexibility index (Phi) is 2.87. The quantitative estimate of drug-likeness (QED) is 0.545. The van der Waals surface area contributed by atoms with Crippen LogP contribution in [0.2, 0.25) is 0 Å². The summed E-state index contributed by atoms with van der Waals surface area (Å²) in [4.78, 5) is 12.5. The number of aldehydes is 1. The van der Waals surface area contributed by atoms with Crippen molar-refractivity contribution >= 4 is 6.29 Å². The first kappa shape index (κ1) is 7.73. The maximum Gasteiger partial charge on any atom is 0.120 e. The molecule has 0 aromatic rings. The van der Waals surface area contributed by atoms with Crippen molar-refractivity contribution in [2.24, 2.45) is 5.92 Å². The van der Waals surface area contributed by atoms with Gasteiger partial charge in [0.05, 0.1) is 0 Å². The van der Waals surface area contributed by atoms with Crippen molar-refractivity contribution in [2.45, 2.75) is 19.8 Å². The summed E-state index contributed by atoms with van der Waals surface area (Å²) in [5.41, 5.74) is 0. The number of carbonyl (C=O) groups is 1.